The highest BCUT2D eigenvalue weighted by Crippen LogP contribution is 2.57. The molecule has 13 heavy (non-hydrogen) atoms. The predicted octanol–water partition coefficient (Wildman–Crippen LogP) is 4.11. The fourth-order valence-corrected chi connectivity index (χ4v) is 5.25. The summed E-state index contributed by atoms with van der Waals surface area (Å²) in [5.41, 5.74) is 1.12. The first-order valence-corrected chi connectivity index (χ1v) is 6.81. The summed E-state index contributed by atoms with van der Waals surface area (Å²) in [6.45, 7) is 2.16. The van der Waals surface area contributed by atoms with Crippen LogP contribution in [0.5, 0.6) is 0 Å². The predicted molar refractivity (Wildman–Crippen MR) is 62.0 cm³/mol. The number of rotatable bonds is 2. The van der Waals surface area contributed by atoms with Gasteiger partial charge >= 0.3 is 0 Å². The van der Waals surface area contributed by atoms with E-state index in [0.717, 1.165) is 10.8 Å². The van der Waals surface area contributed by atoms with Gasteiger partial charge in [0.25, 0.3) is 0 Å². The Bertz CT molecular complexity index is 197. The Balaban J connectivity index is 2.02. The molecule has 0 spiro atoms. The molecule has 0 aromatic heterocycles. The van der Waals surface area contributed by atoms with E-state index in [0.29, 0.717) is 0 Å². The van der Waals surface area contributed by atoms with Gasteiger partial charge in [-0.05, 0) is 49.8 Å². The van der Waals surface area contributed by atoms with Crippen molar-refractivity contribution in [2.24, 2.45) is 0 Å². The molecular formula is C12H21P. The third-order valence-electron chi connectivity index (χ3n) is 3.68. The van der Waals surface area contributed by atoms with Crippen molar-refractivity contribution >= 4 is 8.58 Å². The molecule has 0 N–H and O–H groups in total. The van der Waals surface area contributed by atoms with Gasteiger partial charge in [-0.25, -0.2) is 0 Å². The van der Waals surface area contributed by atoms with Gasteiger partial charge in [-0.2, -0.15) is 0 Å². The molecule has 1 heteroatoms. The van der Waals surface area contributed by atoms with Crippen LogP contribution in [-0.4, -0.2) is 10.8 Å². The Morgan fingerprint density at radius 3 is 3.08 bits per heavy atom. The lowest BCUT2D eigenvalue weighted by Gasteiger charge is -2.26. The van der Waals surface area contributed by atoms with Crippen LogP contribution in [-0.2, 0) is 0 Å². The molecule has 0 amide bonds. The van der Waals surface area contributed by atoms with Crippen molar-refractivity contribution in [1.82, 2.24) is 0 Å². The Kier molecular flexibility index (Phi) is 3.09. The van der Waals surface area contributed by atoms with E-state index in [1.807, 2.05) is 0 Å². The van der Waals surface area contributed by atoms with Gasteiger partial charge in [0, 0.05) is 0 Å². The van der Waals surface area contributed by atoms with Crippen LogP contribution >= 0.6 is 8.58 Å². The summed E-state index contributed by atoms with van der Waals surface area (Å²) in [5.74, 6) is 0. The maximum atomic E-state index is 2.40. The molecule has 0 aromatic carbocycles. The largest absolute Gasteiger partial charge is 0.112 e. The quantitative estimate of drug-likeness (QED) is 0.460. The highest BCUT2D eigenvalue weighted by atomic mass is 31.1. The van der Waals surface area contributed by atoms with Gasteiger partial charge in [0.2, 0.25) is 0 Å². The molecule has 2 aliphatic heterocycles. The van der Waals surface area contributed by atoms with Crippen molar-refractivity contribution in [2.75, 3.05) is 0 Å². The van der Waals surface area contributed by atoms with Gasteiger partial charge in [-0.1, -0.05) is 25.0 Å². The molecule has 2 fully saturated rings. The van der Waals surface area contributed by atoms with E-state index in [4.69, 9.17) is 0 Å². The third kappa shape index (κ3) is 2.15. The lowest BCUT2D eigenvalue weighted by Crippen LogP contribution is -2.18. The van der Waals surface area contributed by atoms with Crippen LogP contribution in [0.15, 0.2) is 12.2 Å². The van der Waals surface area contributed by atoms with Crippen molar-refractivity contribution in [3.63, 3.8) is 0 Å². The second-order valence-corrected chi connectivity index (χ2v) is 6.85. The zero-order chi connectivity index (χ0) is 9.15. The molecule has 2 aliphatic rings. The van der Waals surface area contributed by atoms with Crippen molar-refractivity contribution in [3.8, 4) is 0 Å². The van der Waals surface area contributed by atoms with Gasteiger partial charge < -0.3 is 0 Å². The SMILES string of the molecule is CC=CCC12CCCCC(CC1)P2. The molecule has 0 aromatic rings. The summed E-state index contributed by atoms with van der Waals surface area (Å²) in [6.07, 6.45) is 15.1. The van der Waals surface area contributed by atoms with Crippen LogP contribution < -0.4 is 0 Å². The van der Waals surface area contributed by atoms with Crippen molar-refractivity contribution in [1.29, 1.82) is 0 Å². The van der Waals surface area contributed by atoms with Crippen molar-refractivity contribution in [3.05, 3.63) is 12.2 Å². The second-order valence-electron chi connectivity index (χ2n) is 4.68. The summed E-state index contributed by atoms with van der Waals surface area (Å²) < 4.78 is 0. The van der Waals surface area contributed by atoms with E-state index in [-0.39, 0.29) is 0 Å². The fourth-order valence-electron chi connectivity index (χ4n) is 2.90. The average Bonchev–Trinajstić information content (AvgIpc) is 2.40. The number of allylic oxidation sites excluding steroid dienone is 2. The smallest absolute Gasteiger partial charge is 0.00848 e. The molecule has 2 rings (SSSR count). The molecule has 3 unspecified atom stereocenters. The highest BCUT2D eigenvalue weighted by molar-refractivity contribution is 7.41. The molecule has 3 atom stereocenters. The minimum atomic E-state index is 0.772. The fraction of sp³-hybridized carbons (Fsp3) is 0.833. The second kappa shape index (κ2) is 4.13. The molecule has 0 radical (unpaired) electrons. The molecule has 2 bridgehead atoms. The molecule has 74 valence electrons. The van der Waals surface area contributed by atoms with E-state index >= 15 is 0 Å². The van der Waals surface area contributed by atoms with Crippen LogP contribution in [0.1, 0.15) is 51.9 Å². The van der Waals surface area contributed by atoms with Crippen molar-refractivity contribution < 1.29 is 0 Å². The summed E-state index contributed by atoms with van der Waals surface area (Å²) in [7, 11) is 1.28. The third-order valence-corrected chi connectivity index (χ3v) is 5.99. The lowest BCUT2D eigenvalue weighted by molar-refractivity contribution is 0.456. The average molecular weight is 196 g/mol. The molecule has 0 aliphatic carbocycles. The van der Waals surface area contributed by atoms with Crippen molar-refractivity contribution in [2.45, 2.75) is 62.7 Å². The first kappa shape index (κ1) is 9.71. The van der Waals surface area contributed by atoms with E-state index in [9.17, 15) is 0 Å². The van der Waals surface area contributed by atoms with Crippen LogP contribution in [0, 0.1) is 0 Å². The number of hydrogen-bond acceptors (Lipinski definition) is 0. The topological polar surface area (TPSA) is 0 Å². The van der Waals surface area contributed by atoms with Gasteiger partial charge in [0.15, 0.2) is 0 Å². The first-order valence-electron chi connectivity index (χ1n) is 5.73. The minimum Gasteiger partial charge on any atom is -0.112 e. The molecule has 0 saturated carbocycles. The summed E-state index contributed by atoms with van der Waals surface area (Å²) >= 11 is 0. The first-order chi connectivity index (χ1) is 6.35. The Labute approximate surface area is 84.0 Å². The Morgan fingerprint density at radius 1 is 1.31 bits per heavy atom. The van der Waals surface area contributed by atoms with E-state index in [1.54, 1.807) is 0 Å². The Hall–Kier alpha value is 0.170. The normalized spacial score (nSPS) is 41.5. The van der Waals surface area contributed by atoms with E-state index < -0.39 is 0 Å². The van der Waals surface area contributed by atoms with Gasteiger partial charge in [-0.15, -0.1) is 8.58 Å². The van der Waals surface area contributed by atoms with Crippen LogP contribution in [0.4, 0.5) is 0 Å². The summed E-state index contributed by atoms with van der Waals surface area (Å²) in [4.78, 5) is 0. The van der Waals surface area contributed by atoms with Gasteiger partial charge in [0.05, 0.1) is 0 Å². The molecule has 2 saturated heterocycles. The maximum Gasteiger partial charge on any atom is -0.00848 e. The van der Waals surface area contributed by atoms with Crippen LogP contribution in [0.3, 0.4) is 0 Å². The van der Waals surface area contributed by atoms with Crippen LogP contribution in [0.2, 0.25) is 0 Å². The standard InChI is InChI=1S/C12H21P/c1-2-3-8-12-9-5-4-6-11(13-12)7-10-12/h2-3,11,13H,4-10H2,1H3. The van der Waals surface area contributed by atoms with Gasteiger partial charge in [-0.3, -0.25) is 0 Å². The zero-order valence-corrected chi connectivity index (χ0v) is 9.68. The van der Waals surface area contributed by atoms with Crippen LogP contribution in [0.25, 0.3) is 0 Å². The highest BCUT2D eigenvalue weighted by Gasteiger charge is 2.38. The van der Waals surface area contributed by atoms with E-state index in [1.165, 1.54) is 53.5 Å². The molecular weight excluding hydrogens is 175 g/mol. The maximum absolute atomic E-state index is 2.40. The Morgan fingerprint density at radius 2 is 2.23 bits per heavy atom. The lowest BCUT2D eigenvalue weighted by atomic mass is 9.88. The van der Waals surface area contributed by atoms with E-state index in [2.05, 4.69) is 19.1 Å². The minimum absolute atomic E-state index is 0.772. The number of fused-ring (bicyclic) bond motifs is 2. The monoisotopic (exact) mass is 196 g/mol. The summed E-state index contributed by atoms with van der Waals surface area (Å²) in [6, 6.07) is 0. The number of hydrogen-bond donors (Lipinski definition) is 0. The zero-order valence-electron chi connectivity index (χ0n) is 8.68. The summed E-state index contributed by atoms with van der Waals surface area (Å²) in [5, 5.41) is 0.772. The molecule has 0 nitrogen and oxygen atoms in total. The van der Waals surface area contributed by atoms with Gasteiger partial charge in [0.1, 0.15) is 0 Å². The molecule has 2 heterocycles.